The summed E-state index contributed by atoms with van der Waals surface area (Å²) in [5.41, 5.74) is 3.20. The lowest BCUT2D eigenvalue weighted by Crippen LogP contribution is -2.34. The van der Waals surface area contributed by atoms with Crippen molar-refractivity contribution < 1.29 is 8.95 Å². The molecule has 172 valence electrons. The Morgan fingerprint density at radius 1 is 0.967 bits per heavy atom. The van der Waals surface area contributed by atoms with Gasteiger partial charge in [0.2, 0.25) is 0 Å². The molecule has 1 unspecified atom stereocenters. The van der Waals surface area contributed by atoms with Crippen molar-refractivity contribution in [3.05, 3.63) is 35.4 Å². The first-order valence-electron chi connectivity index (χ1n) is 11.9. The van der Waals surface area contributed by atoms with E-state index in [4.69, 9.17) is 8.95 Å². The third-order valence-corrected chi connectivity index (χ3v) is 7.69. The van der Waals surface area contributed by atoms with Crippen LogP contribution in [0.2, 0.25) is 26.2 Å². The second kappa shape index (κ2) is 10.4. The van der Waals surface area contributed by atoms with Crippen molar-refractivity contribution in [2.45, 2.75) is 99.1 Å². The van der Waals surface area contributed by atoms with Gasteiger partial charge in [-0.05, 0) is 73.3 Å². The van der Waals surface area contributed by atoms with Crippen LogP contribution in [0, 0.1) is 16.7 Å². The van der Waals surface area contributed by atoms with Crippen LogP contribution in [0.25, 0.3) is 0 Å². The Morgan fingerprint density at radius 2 is 1.57 bits per heavy atom. The van der Waals surface area contributed by atoms with Gasteiger partial charge in [-0.25, -0.2) is 0 Å². The van der Waals surface area contributed by atoms with Crippen LogP contribution in [0.5, 0.6) is 0 Å². The van der Waals surface area contributed by atoms with Gasteiger partial charge in [-0.3, -0.25) is 0 Å². The van der Waals surface area contributed by atoms with Gasteiger partial charge in [0, 0.05) is 12.6 Å². The Bertz CT molecular complexity index is 647. The largest absolute Gasteiger partial charge is 0.413 e. The molecule has 30 heavy (non-hydrogen) atoms. The summed E-state index contributed by atoms with van der Waals surface area (Å²) >= 11 is 0. The van der Waals surface area contributed by atoms with Crippen molar-refractivity contribution in [3.63, 3.8) is 0 Å². The summed E-state index contributed by atoms with van der Waals surface area (Å²) in [6, 6.07) is 9.77. The highest BCUT2D eigenvalue weighted by Crippen LogP contribution is 2.39. The lowest BCUT2D eigenvalue weighted by Gasteiger charge is -2.33. The van der Waals surface area contributed by atoms with Gasteiger partial charge in [0.1, 0.15) is 0 Å². The number of hydrogen-bond acceptors (Lipinski definition) is 3. The molecule has 1 aliphatic rings. The van der Waals surface area contributed by atoms with E-state index < -0.39 is 18.1 Å². The predicted octanol–water partition coefficient (Wildman–Crippen LogP) is 6.36. The third kappa shape index (κ3) is 7.59. The molecule has 2 rings (SSSR count). The van der Waals surface area contributed by atoms with Gasteiger partial charge in [0.15, 0.2) is 18.1 Å². The minimum Gasteiger partial charge on any atom is -0.413 e. The maximum Gasteiger partial charge on any atom is 0.199 e. The maximum atomic E-state index is 6.40. The molecule has 0 bridgehead atoms. The van der Waals surface area contributed by atoms with Gasteiger partial charge in [-0.2, -0.15) is 5.06 Å². The molecule has 1 fully saturated rings. The van der Waals surface area contributed by atoms with Crippen molar-refractivity contribution in [1.29, 1.82) is 0 Å². The van der Waals surface area contributed by atoms with Crippen LogP contribution in [0.1, 0.15) is 71.6 Å². The van der Waals surface area contributed by atoms with Crippen molar-refractivity contribution in [3.8, 4) is 0 Å². The van der Waals surface area contributed by atoms with E-state index in [9.17, 15) is 0 Å². The molecule has 1 heterocycles. The Kier molecular flexibility index (Phi) is 8.97. The van der Waals surface area contributed by atoms with Crippen LogP contribution in [0.3, 0.4) is 0 Å². The highest BCUT2D eigenvalue weighted by Gasteiger charge is 2.38. The Labute approximate surface area is 190 Å². The van der Waals surface area contributed by atoms with E-state index in [0.717, 1.165) is 13.0 Å². The molecule has 0 radical (unpaired) electrons. The zero-order valence-corrected chi connectivity index (χ0v) is 23.6. The van der Waals surface area contributed by atoms with E-state index in [1.165, 1.54) is 24.0 Å². The van der Waals surface area contributed by atoms with Gasteiger partial charge in [0.05, 0.1) is 6.10 Å². The van der Waals surface area contributed by atoms with Crippen LogP contribution >= 0.6 is 0 Å². The molecule has 0 spiro atoms. The van der Waals surface area contributed by atoms with E-state index in [-0.39, 0.29) is 11.5 Å². The fourth-order valence-electron chi connectivity index (χ4n) is 4.42. The summed E-state index contributed by atoms with van der Waals surface area (Å²) in [5, 5.41) is 2.35. The highest BCUT2D eigenvalue weighted by molar-refractivity contribution is 6.48. The first kappa shape index (κ1) is 25.8. The number of rotatable bonds is 8. The Morgan fingerprint density at radius 3 is 2.03 bits per heavy atom. The zero-order valence-electron chi connectivity index (χ0n) is 21.3. The molecule has 1 aromatic carbocycles. The van der Waals surface area contributed by atoms with E-state index >= 15 is 0 Å². The first-order valence-corrected chi connectivity index (χ1v) is 17.5. The summed E-state index contributed by atoms with van der Waals surface area (Å²) in [5.74, 6) is 0.711. The zero-order chi connectivity index (χ0) is 22.7. The average Bonchev–Trinajstić information content (AvgIpc) is 3.00. The normalized spacial score (nSPS) is 22.3. The molecule has 0 aromatic heterocycles. The molecule has 1 aliphatic heterocycles. The molecule has 3 nitrogen and oxygen atoms in total. The van der Waals surface area contributed by atoms with Crippen molar-refractivity contribution in [1.82, 2.24) is 5.06 Å². The van der Waals surface area contributed by atoms with E-state index in [0.29, 0.717) is 17.4 Å². The molecule has 0 N–H and O–H groups in total. The molecule has 1 saturated heterocycles. The summed E-state index contributed by atoms with van der Waals surface area (Å²) in [4.78, 5) is 0. The van der Waals surface area contributed by atoms with Crippen LogP contribution in [-0.4, -0.2) is 35.7 Å². The van der Waals surface area contributed by atoms with Gasteiger partial charge in [0.25, 0.3) is 0 Å². The van der Waals surface area contributed by atoms with Gasteiger partial charge in [-0.15, -0.1) is 0 Å². The molecule has 5 heteroatoms. The molecule has 0 saturated carbocycles. The molecule has 0 amide bonds. The summed E-state index contributed by atoms with van der Waals surface area (Å²) in [6.07, 6.45) is 3.72. The summed E-state index contributed by atoms with van der Waals surface area (Å²) < 4.78 is 12.7. The Hall–Kier alpha value is -0.466. The monoisotopic (exact) mass is 449 g/mol. The van der Waals surface area contributed by atoms with Crippen molar-refractivity contribution in [2.75, 3.05) is 6.54 Å². The summed E-state index contributed by atoms with van der Waals surface area (Å²) in [6.45, 7) is 24.1. The van der Waals surface area contributed by atoms with Crippen LogP contribution < -0.4 is 0 Å². The predicted molar refractivity (Wildman–Crippen MR) is 135 cm³/mol. The fraction of sp³-hybridized carbons (Fsp3) is 0.760. The second-order valence-corrected chi connectivity index (χ2v) is 16.6. The maximum absolute atomic E-state index is 6.40. The smallest absolute Gasteiger partial charge is 0.199 e. The van der Waals surface area contributed by atoms with E-state index in [1.807, 2.05) is 0 Å². The van der Waals surface area contributed by atoms with Gasteiger partial charge >= 0.3 is 0 Å². The molecule has 3 atom stereocenters. The van der Waals surface area contributed by atoms with E-state index in [1.54, 1.807) is 0 Å². The van der Waals surface area contributed by atoms with Crippen LogP contribution in [-0.2, 0) is 15.4 Å². The lowest BCUT2D eigenvalue weighted by molar-refractivity contribution is -0.0798. The third-order valence-electron chi connectivity index (χ3n) is 6.18. The van der Waals surface area contributed by atoms with Crippen molar-refractivity contribution in [2.24, 2.45) is 16.7 Å². The minimum absolute atomic E-state index is 0.114. The minimum atomic E-state index is -1.09. The first-order chi connectivity index (χ1) is 13.8. The SMILES string of the molecule is C[SiH](C)OC(c1ccc(CC[C@@H]2C[C@H](C(C)(C)C)CN2O[SiH](C)C)cc1)C(C)(C)C. The number of hydroxylamine groups is 2. The van der Waals surface area contributed by atoms with Crippen LogP contribution in [0.4, 0.5) is 0 Å². The number of aryl methyl sites for hydroxylation is 1. The summed E-state index contributed by atoms with van der Waals surface area (Å²) in [7, 11) is -2.17. The molecule has 0 aliphatic carbocycles. The highest BCUT2D eigenvalue weighted by atomic mass is 28.3. The van der Waals surface area contributed by atoms with E-state index in [2.05, 4.69) is 97.1 Å². The quantitative estimate of drug-likeness (QED) is 0.431. The molecule has 1 aromatic rings. The van der Waals surface area contributed by atoms with Crippen LogP contribution in [0.15, 0.2) is 24.3 Å². The molecular formula is C25H47NO2Si2. The topological polar surface area (TPSA) is 21.7 Å². The standard InChI is InChI=1S/C25H47NO2Si2/c1-24(2,3)21-17-22(26(18-21)28-30(9)10)16-13-19-11-14-20(15-12-19)23(25(4,5)6)27-29(7)8/h11-12,14-15,21-23,29-30H,13,16-18H2,1-10H3/t21-,22+,23?/m0/s1. The second-order valence-electron chi connectivity index (χ2n) is 11.9. The Balaban J connectivity index is 2.04. The number of hydrogen-bond donors (Lipinski definition) is 0. The lowest BCUT2D eigenvalue weighted by atomic mass is 9.79. The number of benzene rings is 1. The van der Waals surface area contributed by atoms with Gasteiger partial charge in [-0.1, -0.05) is 65.8 Å². The average molecular weight is 450 g/mol. The fourth-order valence-corrected chi connectivity index (χ4v) is 6.33. The molecular weight excluding hydrogens is 402 g/mol. The van der Waals surface area contributed by atoms with Gasteiger partial charge < -0.3 is 8.95 Å². The van der Waals surface area contributed by atoms with Crippen molar-refractivity contribution >= 4 is 18.1 Å². The number of nitrogens with zero attached hydrogens (tertiary/aromatic N) is 1.